The van der Waals surface area contributed by atoms with Gasteiger partial charge in [-0.2, -0.15) is 5.10 Å². The normalized spacial score (nSPS) is 18.0. The molecule has 0 saturated carbocycles. The van der Waals surface area contributed by atoms with Gasteiger partial charge in [0.25, 0.3) is 5.91 Å². The minimum Gasteiger partial charge on any atom is -0.389 e. The van der Waals surface area contributed by atoms with Crippen LogP contribution in [0.25, 0.3) is 0 Å². The SMILES string of the molecule is CCOC[C@@H](O)CN1CCN(C(=O)c2cc(C)[nH]n2)CC1. The molecule has 0 aromatic carbocycles. The van der Waals surface area contributed by atoms with Gasteiger partial charge in [0.15, 0.2) is 0 Å². The van der Waals surface area contributed by atoms with Crippen molar-refractivity contribution in [2.75, 3.05) is 45.9 Å². The molecule has 0 unspecified atom stereocenters. The minimum atomic E-state index is -0.471. The molecule has 2 N–H and O–H groups in total. The minimum absolute atomic E-state index is 0.0335. The molecule has 118 valence electrons. The van der Waals surface area contributed by atoms with Crippen LogP contribution >= 0.6 is 0 Å². The molecule has 0 aliphatic carbocycles. The lowest BCUT2D eigenvalue weighted by atomic mass is 10.2. The average Bonchev–Trinajstić information content (AvgIpc) is 2.92. The fourth-order valence-corrected chi connectivity index (χ4v) is 2.43. The van der Waals surface area contributed by atoms with Crippen molar-refractivity contribution in [3.05, 3.63) is 17.5 Å². The van der Waals surface area contributed by atoms with Crippen LogP contribution in [0, 0.1) is 6.92 Å². The van der Waals surface area contributed by atoms with E-state index >= 15 is 0 Å². The van der Waals surface area contributed by atoms with Crippen LogP contribution in [-0.4, -0.2) is 83.1 Å². The number of aromatic nitrogens is 2. The second-order valence-corrected chi connectivity index (χ2v) is 5.34. The Bertz CT molecular complexity index is 455. The smallest absolute Gasteiger partial charge is 0.274 e. The van der Waals surface area contributed by atoms with Gasteiger partial charge in [-0.1, -0.05) is 0 Å². The van der Waals surface area contributed by atoms with Crippen LogP contribution in [-0.2, 0) is 4.74 Å². The molecule has 1 aromatic rings. The molecule has 2 heterocycles. The summed E-state index contributed by atoms with van der Waals surface area (Å²) < 4.78 is 5.20. The molecule has 7 heteroatoms. The molecule has 7 nitrogen and oxygen atoms in total. The van der Waals surface area contributed by atoms with E-state index in [1.54, 1.807) is 11.0 Å². The Morgan fingerprint density at radius 3 is 2.76 bits per heavy atom. The number of H-pyrrole nitrogens is 1. The number of carbonyl (C=O) groups excluding carboxylic acids is 1. The van der Waals surface area contributed by atoms with Crippen molar-refractivity contribution in [2.24, 2.45) is 0 Å². The summed E-state index contributed by atoms with van der Waals surface area (Å²) in [5.74, 6) is -0.0335. The third kappa shape index (κ3) is 4.52. The number of aliphatic hydroxyl groups excluding tert-OH is 1. The zero-order valence-electron chi connectivity index (χ0n) is 12.7. The summed E-state index contributed by atoms with van der Waals surface area (Å²) in [6, 6.07) is 1.76. The van der Waals surface area contributed by atoms with Gasteiger partial charge in [-0.25, -0.2) is 0 Å². The number of β-amino-alcohol motifs (C(OH)–C–C–N with tert-alkyl or cyclic N) is 1. The number of piperazine rings is 1. The molecule has 21 heavy (non-hydrogen) atoms. The predicted octanol–water partition coefficient (Wildman–Crippen LogP) is -0.127. The highest BCUT2D eigenvalue weighted by Crippen LogP contribution is 2.08. The van der Waals surface area contributed by atoms with E-state index in [0.29, 0.717) is 38.5 Å². The van der Waals surface area contributed by atoms with Crippen LogP contribution < -0.4 is 0 Å². The molecule has 1 amide bonds. The van der Waals surface area contributed by atoms with Gasteiger partial charge in [-0.15, -0.1) is 0 Å². The molecule has 1 fully saturated rings. The van der Waals surface area contributed by atoms with Crippen molar-refractivity contribution >= 4 is 5.91 Å². The second-order valence-electron chi connectivity index (χ2n) is 5.34. The summed E-state index contributed by atoms with van der Waals surface area (Å²) >= 11 is 0. The Hall–Kier alpha value is -1.44. The first-order valence-electron chi connectivity index (χ1n) is 7.39. The number of nitrogens with zero attached hydrogens (tertiary/aromatic N) is 3. The van der Waals surface area contributed by atoms with Gasteiger partial charge in [0.1, 0.15) is 5.69 Å². The molecule has 1 aliphatic heterocycles. The number of aliphatic hydroxyl groups is 1. The van der Waals surface area contributed by atoms with Gasteiger partial charge in [0.05, 0.1) is 12.7 Å². The van der Waals surface area contributed by atoms with E-state index in [0.717, 1.165) is 18.8 Å². The highest BCUT2D eigenvalue weighted by molar-refractivity contribution is 5.92. The van der Waals surface area contributed by atoms with Gasteiger partial charge in [-0.3, -0.25) is 14.8 Å². The highest BCUT2D eigenvalue weighted by atomic mass is 16.5. The fourth-order valence-electron chi connectivity index (χ4n) is 2.43. The number of aryl methyl sites for hydroxylation is 1. The van der Waals surface area contributed by atoms with E-state index in [-0.39, 0.29) is 5.91 Å². The summed E-state index contributed by atoms with van der Waals surface area (Å²) in [4.78, 5) is 16.2. The van der Waals surface area contributed by atoms with E-state index in [2.05, 4.69) is 15.1 Å². The zero-order valence-corrected chi connectivity index (χ0v) is 12.7. The molecule has 1 aliphatic rings. The van der Waals surface area contributed by atoms with Gasteiger partial charge in [-0.05, 0) is 19.9 Å². The van der Waals surface area contributed by atoms with E-state index < -0.39 is 6.10 Å². The number of aromatic amines is 1. The molecule has 1 atom stereocenters. The summed E-state index contributed by atoms with van der Waals surface area (Å²) in [6.07, 6.45) is -0.471. The van der Waals surface area contributed by atoms with Crippen LogP contribution in [0.1, 0.15) is 23.1 Å². The summed E-state index contributed by atoms with van der Waals surface area (Å²) in [5, 5.41) is 16.6. The number of hydrogen-bond acceptors (Lipinski definition) is 5. The maximum absolute atomic E-state index is 12.2. The molecule has 2 rings (SSSR count). The van der Waals surface area contributed by atoms with Crippen molar-refractivity contribution < 1.29 is 14.6 Å². The average molecular weight is 296 g/mol. The van der Waals surface area contributed by atoms with Gasteiger partial charge in [0.2, 0.25) is 0 Å². The number of carbonyl (C=O) groups is 1. The molecule has 1 aromatic heterocycles. The van der Waals surface area contributed by atoms with Crippen LogP contribution in [0.5, 0.6) is 0 Å². The van der Waals surface area contributed by atoms with E-state index in [4.69, 9.17) is 4.74 Å². The first kappa shape index (κ1) is 15.9. The molecule has 0 radical (unpaired) electrons. The van der Waals surface area contributed by atoms with Gasteiger partial charge in [0, 0.05) is 45.0 Å². The topological polar surface area (TPSA) is 81.7 Å². The monoisotopic (exact) mass is 296 g/mol. The Morgan fingerprint density at radius 1 is 1.48 bits per heavy atom. The second kappa shape index (κ2) is 7.53. The van der Waals surface area contributed by atoms with Gasteiger partial charge >= 0.3 is 0 Å². The van der Waals surface area contributed by atoms with Crippen molar-refractivity contribution in [3.63, 3.8) is 0 Å². The maximum Gasteiger partial charge on any atom is 0.274 e. The lowest BCUT2D eigenvalue weighted by Gasteiger charge is -2.35. The maximum atomic E-state index is 12.2. The number of hydrogen-bond donors (Lipinski definition) is 2. The van der Waals surface area contributed by atoms with Crippen LogP contribution in [0.15, 0.2) is 6.07 Å². The molecule has 1 saturated heterocycles. The van der Waals surface area contributed by atoms with Crippen molar-refractivity contribution in [2.45, 2.75) is 20.0 Å². The van der Waals surface area contributed by atoms with E-state index in [1.807, 2.05) is 13.8 Å². The Morgan fingerprint density at radius 2 is 2.19 bits per heavy atom. The Labute approximate surface area is 124 Å². The highest BCUT2D eigenvalue weighted by Gasteiger charge is 2.24. The first-order valence-corrected chi connectivity index (χ1v) is 7.39. The summed E-state index contributed by atoms with van der Waals surface area (Å²) in [5.41, 5.74) is 1.35. The standard InChI is InChI=1S/C14H24N4O3/c1-3-21-10-12(19)9-17-4-6-18(7-5-17)14(20)13-8-11(2)15-16-13/h8,12,19H,3-7,9-10H2,1-2H3,(H,15,16)/t12-/m0/s1. The molecule has 0 spiro atoms. The number of ether oxygens (including phenoxy) is 1. The quantitative estimate of drug-likeness (QED) is 0.764. The Balaban J connectivity index is 1.76. The lowest BCUT2D eigenvalue weighted by molar-refractivity contribution is 0.0110. The largest absolute Gasteiger partial charge is 0.389 e. The fraction of sp³-hybridized carbons (Fsp3) is 0.714. The van der Waals surface area contributed by atoms with Crippen molar-refractivity contribution in [1.82, 2.24) is 20.0 Å². The van der Waals surface area contributed by atoms with Crippen molar-refractivity contribution in [1.29, 1.82) is 0 Å². The summed E-state index contributed by atoms with van der Waals surface area (Å²) in [7, 11) is 0. The number of nitrogens with one attached hydrogen (secondary N) is 1. The van der Waals surface area contributed by atoms with Crippen LogP contribution in [0.2, 0.25) is 0 Å². The molecule has 0 bridgehead atoms. The molecular formula is C14H24N4O3. The van der Waals surface area contributed by atoms with Gasteiger partial charge < -0.3 is 14.7 Å². The zero-order chi connectivity index (χ0) is 15.2. The Kier molecular flexibility index (Phi) is 5.72. The number of amides is 1. The van der Waals surface area contributed by atoms with Crippen molar-refractivity contribution in [3.8, 4) is 0 Å². The van der Waals surface area contributed by atoms with E-state index in [1.165, 1.54) is 0 Å². The van der Waals surface area contributed by atoms with E-state index in [9.17, 15) is 9.90 Å². The predicted molar refractivity (Wildman–Crippen MR) is 78.2 cm³/mol. The summed E-state index contributed by atoms with van der Waals surface area (Å²) in [6.45, 7) is 8.19. The van der Waals surface area contributed by atoms with Crippen LogP contribution in [0.3, 0.4) is 0 Å². The lowest BCUT2D eigenvalue weighted by Crippen LogP contribution is -2.50. The third-order valence-electron chi connectivity index (χ3n) is 3.57. The third-order valence-corrected chi connectivity index (χ3v) is 3.57. The molecular weight excluding hydrogens is 272 g/mol. The van der Waals surface area contributed by atoms with Crippen LogP contribution in [0.4, 0.5) is 0 Å². The number of rotatable bonds is 6. The first-order chi connectivity index (χ1) is 10.1.